The smallest absolute Gasteiger partial charge is 0.313 e. The number of rotatable bonds is 7. The molecular formula is C18H26N6O3. The van der Waals surface area contributed by atoms with Crippen molar-refractivity contribution in [2.75, 3.05) is 43.1 Å². The van der Waals surface area contributed by atoms with Gasteiger partial charge < -0.3 is 20.1 Å². The average Bonchev–Trinajstić information content (AvgIpc) is 3.07. The zero-order valence-corrected chi connectivity index (χ0v) is 16.0. The molecule has 146 valence electrons. The highest BCUT2D eigenvalue weighted by Gasteiger charge is 2.35. The number of hydrogen-bond donors (Lipinski definition) is 2. The molecule has 0 bridgehead atoms. The van der Waals surface area contributed by atoms with Gasteiger partial charge in [-0.2, -0.15) is 10.1 Å². The van der Waals surface area contributed by atoms with Crippen LogP contribution < -0.4 is 10.2 Å². The van der Waals surface area contributed by atoms with Gasteiger partial charge in [0.15, 0.2) is 0 Å². The van der Waals surface area contributed by atoms with Crippen LogP contribution in [0.1, 0.15) is 25.1 Å². The van der Waals surface area contributed by atoms with Crippen LogP contribution in [-0.4, -0.2) is 63.7 Å². The highest BCUT2D eigenvalue weighted by Crippen LogP contribution is 2.32. The maximum Gasteiger partial charge on any atom is 0.313 e. The number of aromatic nitrogens is 4. The molecule has 1 aliphatic heterocycles. The summed E-state index contributed by atoms with van der Waals surface area (Å²) in [6.07, 6.45) is 4.18. The van der Waals surface area contributed by atoms with Gasteiger partial charge in [-0.3, -0.25) is 9.48 Å². The Morgan fingerprint density at radius 3 is 2.74 bits per heavy atom. The topological polar surface area (TPSA) is 105 Å². The Labute approximate surface area is 158 Å². The van der Waals surface area contributed by atoms with Crippen molar-refractivity contribution in [1.82, 2.24) is 19.7 Å². The molecule has 0 aromatic carbocycles. The van der Waals surface area contributed by atoms with Crippen molar-refractivity contribution < 1.29 is 14.6 Å². The summed E-state index contributed by atoms with van der Waals surface area (Å²) in [6, 6.07) is 1.97. The Kier molecular flexibility index (Phi) is 5.59. The van der Waals surface area contributed by atoms with Gasteiger partial charge in [-0.25, -0.2) is 4.98 Å². The SMILES string of the molecule is Cn1nccc1CCNc1ncc(C(C)(C)C(=O)O)c(N2CCOCC2)n1. The van der Waals surface area contributed by atoms with E-state index in [2.05, 4.69) is 25.3 Å². The summed E-state index contributed by atoms with van der Waals surface area (Å²) in [5.41, 5.74) is 0.634. The van der Waals surface area contributed by atoms with E-state index < -0.39 is 11.4 Å². The first-order valence-corrected chi connectivity index (χ1v) is 9.04. The average molecular weight is 374 g/mol. The molecule has 9 nitrogen and oxygen atoms in total. The Morgan fingerprint density at radius 1 is 1.37 bits per heavy atom. The van der Waals surface area contributed by atoms with Crippen LogP contribution in [0.2, 0.25) is 0 Å². The number of aryl methyl sites for hydroxylation is 1. The van der Waals surface area contributed by atoms with E-state index in [4.69, 9.17) is 4.74 Å². The molecule has 27 heavy (non-hydrogen) atoms. The molecule has 3 rings (SSSR count). The summed E-state index contributed by atoms with van der Waals surface area (Å²) >= 11 is 0. The van der Waals surface area contributed by atoms with E-state index in [1.54, 1.807) is 26.2 Å². The molecule has 2 N–H and O–H groups in total. The Morgan fingerprint density at radius 2 is 2.11 bits per heavy atom. The molecule has 9 heteroatoms. The first-order valence-electron chi connectivity index (χ1n) is 9.04. The minimum atomic E-state index is -1.08. The molecule has 0 amide bonds. The van der Waals surface area contributed by atoms with E-state index in [0.29, 0.717) is 50.2 Å². The third-order valence-corrected chi connectivity index (χ3v) is 4.87. The molecule has 0 aliphatic carbocycles. The van der Waals surface area contributed by atoms with Gasteiger partial charge >= 0.3 is 5.97 Å². The molecule has 2 aromatic rings. The third kappa shape index (κ3) is 4.19. The van der Waals surface area contributed by atoms with Gasteiger partial charge in [0.2, 0.25) is 5.95 Å². The summed E-state index contributed by atoms with van der Waals surface area (Å²) in [6.45, 7) is 6.55. The monoisotopic (exact) mass is 374 g/mol. The number of hydrogen-bond acceptors (Lipinski definition) is 7. The number of carboxylic acid groups (broad SMARTS) is 1. The molecule has 3 heterocycles. The fourth-order valence-corrected chi connectivity index (χ4v) is 2.98. The van der Waals surface area contributed by atoms with Crippen molar-refractivity contribution in [3.8, 4) is 0 Å². The molecule has 1 fully saturated rings. The van der Waals surface area contributed by atoms with E-state index in [-0.39, 0.29) is 0 Å². The molecule has 2 aromatic heterocycles. The van der Waals surface area contributed by atoms with Crippen LogP contribution in [0.4, 0.5) is 11.8 Å². The second-order valence-corrected chi connectivity index (χ2v) is 7.08. The number of nitrogens with one attached hydrogen (secondary N) is 1. The van der Waals surface area contributed by atoms with Gasteiger partial charge in [-0.05, 0) is 19.9 Å². The number of morpholine rings is 1. The van der Waals surface area contributed by atoms with Gasteiger partial charge in [0.1, 0.15) is 5.82 Å². The van der Waals surface area contributed by atoms with Crippen molar-refractivity contribution in [2.45, 2.75) is 25.7 Å². The minimum Gasteiger partial charge on any atom is -0.481 e. The fourth-order valence-electron chi connectivity index (χ4n) is 2.98. The second kappa shape index (κ2) is 7.91. The number of aliphatic carboxylic acids is 1. The molecule has 0 spiro atoms. The van der Waals surface area contributed by atoms with Crippen molar-refractivity contribution >= 4 is 17.7 Å². The van der Waals surface area contributed by atoms with Gasteiger partial charge in [-0.15, -0.1) is 0 Å². The zero-order valence-electron chi connectivity index (χ0n) is 16.0. The van der Waals surface area contributed by atoms with Crippen molar-refractivity contribution in [3.05, 3.63) is 29.7 Å². The lowest BCUT2D eigenvalue weighted by Crippen LogP contribution is -2.40. The van der Waals surface area contributed by atoms with E-state index >= 15 is 0 Å². The van der Waals surface area contributed by atoms with Gasteiger partial charge in [-0.1, -0.05) is 0 Å². The van der Waals surface area contributed by atoms with E-state index in [9.17, 15) is 9.90 Å². The lowest BCUT2D eigenvalue weighted by atomic mass is 9.85. The molecule has 0 unspecified atom stereocenters. The summed E-state index contributed by atoms with van der Waals surface area (Å²) in [5, 5.41) is 17.0. The molecule has 0 radical (unpaired) electrons. The van der Waals surface area contributed by atoms with Gasteiger partial charge in [0.05, 0.1) is 18.6 Å². The lowest BCUT2D eigenvalue weighted by Gasteiger charge is -2.32. The first kappa shape index (κ1) is 19.1. The summed E-state index contributed by atoms with van der Waals surface area (Å²) in [7, 11) is 1.91. The largest absolute Gasteiger partial charge is 0.481 e. The van der Waals surface area contributed by atoms with Crippen LogP contribution >= 0.6 is 0 Å². The van der Waals surface area contributed by atoms with Crippen molar-refractivity contribution in [2.24, 2.45) is 7.05 Å². The van der Waals surface area contributed by atoms with Crippen LogP contribution in [0.15, 0.2) is 18.5 Å². The van der Waals surface area contributed by atoms with E-state index in [0.717, 1.165) is 12.1 Å². The van der Waals surface area contributed by atoms with Crippen molar-refractivity contribution in [1.29, 1.82) is 0 Å². The molecule has 0 atom stereocenters. The Balaban J connectivity index is 1.81. The zero-order chi connectivity index (χ0) is 19.4. The summed E-state index contributed by atoms with van der Waals surface area (Å²) in [4.78, 5) is 22.8. The maximum atomic E-state index is 11.8. The van der Waals surface area contributed by atoms with Crippen molar-refractivity contribution in [3.63, 3.8) is 0 Å². The number of ether oxygens (including phenoxy) is 1. The van der Waals surface area contributed by atoms with Crippen LogP contribution in [0.3, 0.4) is 0 Å². The lowest BCUT2D eigenvalue weighted by molar-refractivity contribution is -0.142. The fraction of sp³-hybridized carbons (Fsp3) is 0.556. The van der Waals surface area contributed by atoms with Crippen LogP contribution in [0.5, 0.6) is 0 Å². The predicted molar refractivity (Wildman–Crippen MR) is 101 cm³/mol. The van der Waals surface area contributed by atoms with Crippen LogP contribution in [0.25, 0.3) is 0 Å². The molecule has 1 saturated heterocycles. The number of carbonyl (C=O) groups is 1. The number of nitrogens with zero attached hydrogens (tertiary/aromatic N) is 5. The Hall–Kier alpha value is -2.68. The first-order chi connectivity index (χ1) is 12.9. The normalized spacial score (nSPS) is 15.0. The highest BCUT2D eigenvalue weighted by molar-refractivity contribution is 5.82. The molecular weight excluding hydrogens is 348 g/mol. The second-order valence-electron chi connectivity index (χ2n) is 7.08. The standard InChI is InChI=1S/C18H26N6O3/c1-18(2,16(25)26)14-12-20-17(19-6-4-13-5-7-21-23(13)3)22-15(14)24-8-10-27-11-9-24/h5,7,12H,4,6,8-11H2,1-3H3,(H,25,26)(H,19,20,22). The predicted octanol–water partition coefficient (Wildman–Crippen LogP) is 1.06. The minimum absolute atomic E-state index is 0.489. The summed E-state index contributed by atoms with van der Waals surface area (Å²) in [5.74, 6) is 0.241. The quantitative estimate of drug-likeness (QED) is 0.741. The van der Waals surface area contributed by atoms with Gasteiger partial charge in [0.25, 0.3) is 0 Å². The van der Waals surface area contributed by atoms with E-state index in [1.165, 1.54) is 0 Å². The number of carboxylic acids is 1. The number of anilines is 2. The maximum absolute atomic E-state index is 11.8. The molecule has 0 saturated carbocycles. The molecule has 1 aliphatic rings. The van der Waals surface area contributed by atoms with Crippen LogP contribution in [0, 0.1) is 0 Å². The van der Waals surface area contributed by atoms with Gasteiger partial charge in [0, 0.05) is 56.8 Å². The Bertz CT molecular complexity index is 798. The summed E-state index contributed by atoms with van der Waals surface area (Å²) < 4.78 is 7.25. The van der Waals surface area contributed by atoms with E-state index in [1.807, 2.05) is 17.8 Å². The highest BCUT2D eigenvalue weighted by atomic mass is 16.5. The third-order valence-electron chi connectivity index (χ3n) is 4.87. The van der Waals surface area contributed by atoms with Crippen LogP contribution in [-0.2, 0) is 28.4 Å².